The number of hydrogen-bond donors (Lipinski definition) is 1. The molecule has 21 heavy (non-hydrogen) atoms. The van der Waals surface area contributed by atoms with Crippen LogP contribution < -0.4 is 5.32 Å². The zero-order valence-electron chi connectivity index (χ0n) is 11.9. The molecule has 1 aliphatic heterocycles. The molecule has 6 heteroatoms. The average molecular weight is 350 g/mol. The van der Waals surface area contributed by atoms with E-state index in [1.165, 1.54) is 6.42 Å². The number of halogens is 3. The minimum absolute atomic E-state index is 0.213. The van der Waals surface area contributed by atoms with Crippen LogP contribution in [0.3, 0.4) is 0 Å². The summed E-state index contributed by atoms with van der Waals surface area (Å²) in [6.07, 6.45) is 2.67. The van der Waals surface area contributed by atoms with Crippen LogP contribution in [0.25, 0.3) is 0 Å². The van der Waals surface area contributed by atoms with Gasteiger partial charge in [0, 0.05) is 18.7 Å². The third kappa shape index (κ3) is 4.49. The fourth-order valence-electron chi connectivity index (χ4n) is 2.59. The molecule has 1 aromatic carbocycles. The first-order chi connectivity index (χ1) is 9.89. The first kappa shape index (κ1) is 16.9. The molecule has 0 unspecified atom stereocenters. The van der Waals surface area contributed by atoms with E-state index in [2.05, 4.69) is 5.32 Å². The molecule has 1 heterocycles. The van der Waals surface area contributed by atoms with E-state index < -0.39 is 9.96 Å². The number of amides is 1. The van der Waals surface area contributed by atoms with Crippen molar-refractivity contribution < 1.29 is 4.79 Å². The van der Waals surface area contributed by atoms with Gasteiger partial charge in [0.15, 0.2) is 0 Å². The molecule has 2 rings (SSSR count). The third-order valence-electron chi connectivity index (χ3n) is 3.72. The predicted octanol–water partition coefficient (Wildman–Crippen LogP) is 3.91. The molecule has 1 aliphatic rings. The van der Waals surface area contributed by atoms with Crippen LogP contribution >= 0.6 is 34.8 Å². The monoisotopic (exact) mass is 348 g/mol. The van der Waals surface area contributed by atoms with Gasteiger partial charge in [0.25, 0.3) is 5.91 Å². The molecule has 0 spiro atoms. The highest BCUT2D eigenvalue weighted by molar-refractivity contribution is 6.68. The number of likely N-dealkylation sites (tertiary alicyclic amines) is 1. The zero-order chi connectivity index (χ0) is 15.5. The maximum Gasteiger partial charge on any atom is 0.252 e. The Bertz CT molecular complexity index is 496. The summed E-state index contributed by atoms with van der Waals surface area (Å²) < 4.78 is -1.56. The highest BCUT2D eigenvalue weighted by atomic mass is 35.6. The molecule has 1 fully saturated rings. The van der Waals surface area contributed by atoms with E-state index in [4.69, 9.17) is 34.8 Å². The lowest BCUT2D eigenvalue weighted by molar-refractivity contribution is 0.0818. The molecule has 0 aromatic heterocycles. The third-order valence-corrected chi connectivity index (χ3v) is 4.34. The van der Waals surface area contributed by atoms with Gasteiger partial charge >= 0.3 is 0 Å². The zero-order valence-corrected chi connectivity index (χ0v) is 14.2. The van der Waals surface area contributed by atoms with Crippen LogP contribution in [0.15, 0.2) is 24.3 Å². The van der Waals surface area contributed by atoms with Gasteiger partial charge in [0.2, 0.25) is 3.79 Å². The van der Waals surface area contributed by atoms with Crippen LogP contribution in [0.4, 0.5) is 0 Å². The lowest BCUT2D eigenvalue weighted by atomic mass is 10.1. The number of rotatable bonds is 3. The molecule has 0 radical (unpaired) electrons. The molecule has 116 valence electrons. The fraction of sp³-hybridized carbons (Fsp3) is 0.533. The number of carbonyl (C=O) groups excluding carboxylic acids is 1. The van der Waals surface area contributed by atoms with Crippen molar-refractivity contribution in [2.45, 2.75) is 36.1 Å². The number of carbonyl (C=O) groups is 1. The normalized spacial score (nSPS) is 18.3. The van der Waals surface area contributed by atoms with E-state index >= 15 is 0 Å². The Hall–Kier alpha value is -0.480. The molecular formula is C15H19Cl3N2O. The molecule has 0 bridgehead atoms. The second-order valence-corrected chi connectivity index (χ2v) is 7.70. The minimum atomic E-state index is -1.56. The summed E-state index contributed by atoms with van der Waals surface area (Å²) in [5, 5.41) is 2.87. The molecule has 1 amide bonds. The predicted molar refractivity (Wildman–Crippen MR) is 88.1 cm³/mol. The van der Waals surface area contributed by atoms with E-state index in [0.717, 1.165) is 31.5 Å². The van der Waals surface area contributed by atoms with Crippen LogP contribution in [0, 0.1) is 6.92 Å². The van der Waals surface area contributed by atoms with Crippen molar-refractivity contribution in [2.75, 3.05) is 13.1 Å². The summed E-state index contributed by atoms with van der Waals surface area (Å²) in [6, 6.07) is 7.38. The number of aryl methyl sites for hydroxylation is 1. The maximum atomic E-state index is 12.5. The quantitative estimate of drug-likeness (QED) is 0.839. The first-order valence-electron chi connectivity index (χ1n) is 7.07. The summed E-state index contributed by atoms with van der Waals surface area (Å²) in [5.74, 6) is -0.213. The molecular weight excluding hydrogens is 331 g/mol. The number of nitrogens with zero attached hydrogens (tertiary/aromatic N) is 1. The van der Waals surface area contributed by atoms with Gasteiger partial charge in [-0.3, -0.25) is 9.69 Å². The Balaban J connectivity index is 2.15. The molecule has 3 nitrogen and oxygen atoms in total. The average Bonchev–Trinajstić information content (AvgIpc) is 2.44. The van der Waals surface area contributed by atoms with Crippen molar-refractivity contribution in [3.8, 4) is 0 Å². The van der Waals surface area contributed by atoms with E-state index in [-0.39, 0.29) is 5.91 Å². The Morgan fingerprint density at radius 2 is 1.81 bits per heavy atom. The van der Waals surface area contributed by atoms with Gasteiger partial charge in [0.05, 0.1) is 0 Å². The largest absolute Gasteiger partial charge is 0.332 e. The van der Waals surface area contributed by atoms with Crippen molar-refractivity contribution in [2.24, 2.45) is 0 Å². The van der Waals surface area contributed by atoms with Gasteiger partial charge < -0.3 is 5.32 Å². The second kappa shape index (κ2) is 7.19. The van der Waals surface area contributed by atoms with Crippen LogP contribution in [-0.4, -0.2) is 33.9 Å². The van der Waals surface area contributed by atoms with E-state index in [1.54, 1.807) is 6.07 Å². The number of piperidine rings is 1. The SMILES string of the molecule is Cc1ccccc1C(=O)N[C@H](N1CCCCC1)C(Cl)(Cl)Cl. The van der Waals surface area contributed by atoms with Crippen LogP contribution in [0.2, 0.25) is 0 Å². The van der Waals surface area contributed by atoms with Crippen molar-refractivity contribution in [3.05, 3.63) is 35.4 Å². The van der Waals surface area contributed by atoms with Crippen LogP contribution in [-0.2, 0) is 0 Å². The molecule has 0 saturated carbocycles. The van der Waals surface area contributed by atoms with Crippen molar-refractivity contribution in [1.82, 2.24) is 10.2 Å². The summed E-state index contributed by atoms with van der Waals surface area (Å²) in [4.78, 5) is 14.5. The Labute approximate surface area is 140 Å². The van der Waals surface area contributed by atoms with Gasteiger partial charge in [-0.15, -0.1) is 0 Å². The molecule has 0 aliphatic carbocycles. The molecule has 1 saturated heterocycles. The van der Waals surface area contributed by atoms with Crippen LogP contribution in [0.5, 0.6) is 0 Å². The van der Waals surface area contributed by atoms with Gasteiger partial charge in [0.1, 0.15) is 6.17 Å². The highest BCUT2D eigenvalue weighted by Crippen LogP contribution is 2.33. The van der Waals surface area contributed by atoms with E-state index in [0.29, 0.717) is 5.56 Å². The van der Waals surface area contributed by atoms with E-state index in [9.17, 15) is 4.79 Å². The second-order valence-electron chi connectivity index (χ2n) is 5.33. The summed E-state index contributed by atoms with van der Waals surface area (Å²) >= 11 is 18.2. The molecule has 1 N–H and O–H groups in total. The van der Waals surface area contributed by atoms with Gasteiger partial charge in [-0.25, -0.2) is 0 Å². The number of benzene rings is 1. The number of hydrogen-bond acceptors (Lipinski definition) is 2. The Kier molecular flexibility index (Phi) is 5.78. The maximum absolute atomic E-state index is 12.5. The minimum Gasteiger partial charge on any atom is -0.332 e. The fourth-order valence-corrected chi connectivity index (χ4v) is 3.16. The number of alkyl halides is 3. The smallest absolute Gasteiger partial charge is 0.252 e. The molecule has 1 atom stereocenters. The van der Waals surface area contributed by atoms with Crippen molar-refractivity contribution in [3.63, 3.8) is 0 Å². The summed E-state index contributed by atoms with van der Waals surface area (Å²) in [6.45, 7) is 3.54. The van der Waals surface area contributed by atoms with Crippen molar-refractivity contribution >= 4 is 40.7 Å². The standard InChI is InChI=1S/C15H19Cl3N2O/c1-11-7-3-4-8-12(11)13(21)19-14(15(16,17)18)20-9-5-2-6-10-20/h3-4,7-8,14H,2,5-6,9-10H2,1H3,(H,19,21)/t14-/m1/s1. The molecule has 1 aromatic rings. The summed E-state index contributed by atoms with van der Waals surface area (Å²) in [7, 11) is 0. The Morgan fingerprint density at radius 3 is 2.38 bits per heavy atom. The topological polar surface area (TPSA) is 32.3 Å². The highest BCUT2D eigenvalue weighted by Gasteiger charge is 2.39. The van der Waals surface area contributed by atoms with Crippen molar-refractivity contribution in [1.29, 1.82) is 0 Å². The Morgan fingerprint density at radius 1 is 1.19 bits per heavy atom. The van der Waals surface area contributed by atoms with Crippen LogP contribution in [0.1, 0.15) is 35.2 Å². The van der Waals surface area contributed by atoms with Gasteiger partial charge in [-0.1, -0.05) is 59.4 Å². The first-order valence-corrected chi connectivity index (χ1v) is 8.20. The number of nitrogens with one attached hydrogen (secondary N) is 1. The van der Waals surface area contributed by atoms with E-state index in [1.807, 2.05) is 30.0 Å². The van der Waals surface area contributed by atoms with Gasteiger partial charge in [-0.2, -0.15) is 0 Å². The lowest BCUT2D eigenvalue weighted by Gasteiger charge is -2.38. The van der Waals surface area contributed by atoms with Gasteiger partial charge in [-0.05, 0) is 31.4 Å². The summed E-state index contributed by atoms with van der Waals surface area (Å²) in [5.41, 5.74) is 1.51. The lowest BCUT2D eigenvalue weighted by Crippen LogP contribution is -2.56.